The molecule has 2 aromatic heterocycles. The normalized spacial score (nSPS) is 10.8. The van der Waals surface area contributed by atoms with Gasteiger partial charge in [-0.3, -0.25) is 14.2 Å². The second-order valence-electron chi connectivity index (χ2n) is 5.67. The van der Waals surface area contributed by atoms with E-state index in [4.69, 9.17) is 0 Å². The molecule has 0 aliphatic heterocycles. The summed E-state index contributed by atoms with van der Waals surface area (Å²) in [4.78, 5) is 12.2. The van der Waals surface area contributed by atoms with Gasteiger partial charge in [-0.15, -0.1) is 0 Å². The molecule has 0 radical (unpaired) electrons. The second kappa shape index (κ2) is 6.60. The minimum Gasteiger partial charge on any atom is -0.321 e. The SMILES string of the molecule is Cc1nn(Cc2cccc(NC(=O)c3ccn(C)n3)c2)c(C)c1Br. The first-order valence-corrected chi connectivity index (χ1v) is 8.33. The van der Waals surface area contributed by atoms with E-state index in [1.54, 1.807) is 24.0 Å². The molecule has 1 aromatic carbocycles. The van der Waals surface area contributed by atoms with Crippen LogP contribution in [0, 0.1) is 13.8 Å². The third kappa shape index (κ3) is 3.41. The van der Waals surface area contributed by atoms with E-state index in [-0.39, 0.29) is 5.91 Å². The molecule has 1 N–H and O–H groups in total. The van der Waals surface area contributed by atoms with Crippen molar-refractivity contribution < 1.29 is 4.79 Å². The number of amides is 1. The van der Waals surface area contributed by atoms with Crippen LogP contribution in [0.25, 0.3) is 0 Å². The topological polar surface area (TPSA) is 64.7 Å². The molecule has 124 valence electrons. The van der Waals surface area contributed by atoms with Crippen LogP contribution in [-0.2, 0) is 13.6 Å². The highest BCUT2D eigenvalue weighted by Crippen LogP contribution is 2.21. The van der Waals surface area contributed by atoms with Gasteiger partial charge in [0.2, 0.25) is 0 Å². The van der Waals surface area contributed by atoms with Crippen molar-refractivity contribution in [2.45, 2.75) is 20.4 Å². The summed E-state index contributed by atoms with van der Waals surface area (Å²) in [6, 6.07) is 9.43. The molecule has 0 bridgehead atoms. The number of hydrogen-bond donors (Lipinski definition) is 1. The summed E-state index contributed by atoms with van der Waals surface area (Å²) in [6.45, 7) is 4.64. The van der Waals surface area contributed by atoms with Crippen molar-refractivity contribution >= 4 is 27.5 Å². The molecule has 1 amide bonds. The van der Waals surface area contributed by atoms with Crippen LogP contribution in [0.15, 0.2) is 41.0 Å². The molecule has 2 heterocycles. The predicted molar refractivity (Wildman–Crippen MR) is 96.1 cm³/mol. The largest absolute Gasteiger partial charge is 0.321 e. The van der Waals surface area contributed by atoms with Crippen LogP contribution in [0.2, 0.25) is 0 Å². The molecule has 0 fully saturated rings. The molecule has 6 nitrogen and oxygen atoms in total. The van der Waals surface area contributed by atoms with Gasteiger partial charge in [0.15, 0.2) is 5.69 Å². The monoisotopic (exact) mass is 387 g/mol. The zero-order valence-corrected chi connectivity index (χ0v) is 15.3. The maximum absolute atomic E-state index is 12.2. The first kappa shape index (κ1) is 16.4. The summed E-state index contributed by atoms with van der Waals surface area (Å²) in [5, 5.41) is 11.5. The Morgan fingerprint density at radius 3 is 2.67 bits per heavy atom. The zero-order chi connectivity index (χ0) is 17.3. The number of nitrogens with one attached hydrogen (secondary N) is 1. The number of anilines is 1. The molecule has 0 spiro atoms. The number of benzene rings is 1. The Morgan fingerprint density at radius 2 is 2.04 bits per heavy atom. The van der Waals surface area contributed by atoms with Gasteiger partial charge in [0.25, 0.3) is 5.91 Å². The molecule has 0 aliphatic carbocycles. The highest BCUT2D eigenvalue weighted by Gasteiger charge is 2.11. The third-order valence-electron chi connectivity index (χ3n) is 3.76. The highest BCUT2D eigenvalue weighted by atomic mass is 79.9. The van der Waals surface area contributed by atoms with Crippen molar-refractivity contribution in [2.75, 3.05) is 5.32 Å². The van der Waals surface area contributed by atoms with Gasteiger partial charge in [0, 0.05) is 18.9 Å². The molecular formula is C17H18BrN5O. The molecule has 7 heteroatoms. The van der Waals surface area contributed by atoms with Gasteiger partial charge in [-0.05, 0) is 53.5 Å². The zero-order valence-electron chi connectivity index (χ0n) is 13.7. The van der Waals surface area contributed by atoms with Crippen LogP contribution in [0.3, 0.4) is 0 Å². The Bertz CT molecular complexity index is 896. The maximum Gasteiger partial charge on any atom is 0.276 e. The number of rotatable bonds is 4. The Kier molecular flexibility index (Phi) is 4.53. The van der Waals surface area contributed by atoms with Crippen molar-refractivity contribution in [1.82, 2.24) is 19.6 Å². The minimum absolute atomic E-state index is 0.221. The van der Waals surface area contributed by atoms with E-state index >= 15 is 0 Å². The van der Waals surface area contributed by atoms with Gasteiger partial charge in [-0.25, -0.2) is 0 Å². The Balaban J connectivity index is 1.76. The van der Waals surface area contributed by atoms with Crippen molar-refractivity contribution in [1.29, 1.82) is 0 Å². The van der Waals surface area contributed by atoms with E-state index in [1.807, 2.05) is 42.8 Å². The van der Waals surface area contributed by atoms with Crippen molar-refractivity contribution in [3.8, 4) is 0 Å². The number of aryl methyl sites for hydroxylation is 2. The van der Waals surface area contributed by atoms with E-state index in [0.29, 0.717) is 12.2 Å². The lowest BCUT2D eigenvalue weighted by molar-refractivity contribution is 0.102. The minimum atomic E-state index is -0.221. The third-order valence-corrected chi connectivity index (χ3v) is 4.90. The lowest BCUT2D eigenvalue weighted by atomic mass is 10.2. The Hall–Kier alpha value is -2.41. The van der Waals surface area contributed by atoms with Gasteiger partial charge in [0.1, 0.15) is 0 Å². The molecule has 24 heavy (non-hydrogen) atoms. The summed E-state index contributed by atoms with van der Waals surface area (Å²) in [5.74, 6) is -0.221. The smallest absolute Gasteiger partial charge is 0.276 e. The molecule has 3 rings (SSSR count). The number of hydrogen-bond acceptors (Lipinski definition) is 3. The van der Waals surface area contributed by atoms with E-state index in [0.717, 1.165) is 27.1 Å². The number of carbonyl (C=O) groups is 1. The summed E-state index contributed by atoms with van der Waals surface area (Å²) in [7, 11) is 1.78. The van der Waals surface area contributed by atoms with Crippen LogP contribution in [0.1, 0.15) is 27.4 Å². The molecule has 0 saturated carbocycles. The van der Waals surface area contributed by atoms with Gasteiger partial charge in [-0.2, -0.15) is 10.2 Å². The molecule has 0 aliphatic rings. The molecule has 0 saturated heterocycles. The molecule has 0 atom stereocenters. The molecule has 3 aromatic rings. The first-order chi connectivity index (χ1) is 11.4. The number of halogens is 1. The highest BCUT2D eigenvalue weighted by molar-refractivity contribution is 9.10. The van der Waals surface area contributed by atoms with Gasteiger partial charge < -0.3 is 5.32 Å². The van der Waals surface area contributed by atoms with Crippen LogP contribution >= 0.6 is 15.9 Å². The van der Waals surface area contributed by atoms with Crippen molar-refractivity contribution in [2.24, 2.45) is 7.05 Å². The average molecular weight is 388 g/mol. The van der Waals surface area contributed by atoms with E-state index in [1.165, 1.54) is 0 Å². The fraction of sp³-hybridized carbons (Fsp3) is 0.235. The number of carbonyl (C=O) groups excluding carboxylic acids is 1. The summed E-state index contributed by atoms with van der Waals surface area (Å²) >= 11 is 3.54. The second-order valence-corrected chi connectivity index (χ2v) is 6.46. The predicted octanol–water partition coefficient (Wildman–Crippen LogP) is 3.30. The van der Waals surface area contributed by atoms with Crippen LogP contribution in [0.5, 0.6) is 0 Å². The van der Waals surface area contributed by atoms with Gasteiger partial charge >= 0.3 is 0 Å². The van der Waals surface area contributed by atoms with E-state index in [2.05, 4.69) is 31.4 Å². The van der Waals surface area contributed by atoms with E-state index < -0.39 is 0 Å². The lowest BCUT2D eigenvalue weighted by Crippen LogP contribution is -2.13. The molecule has 0 unspecified atom stereocenters. The summed E-state index contributed by atoms with van der Waals surface area (Å²) in [6.07, 6.45) is 1.74. The van der Waals surface area contributed by atoms with Gasteiger partial charge in [-0.1, -0.05) is 12.1 Å². The molecular weight excluding hydrogens is 370 g/mol. The summed E-state index contributed by atoms with van der Waals surface area (Å²) in [5.41, 5.74) is 4.24. The Labute approximate surface area is 148 Å². The van der Waals surface area contributed by atoms with Crippen molar-refractivity contribution in [3.63, 3.8) is 0 Å². The summed E-state index contributed by atoms with van der Waals surface area (Å²) < 4.78 is 4.58. The van der Waals surface area contributed by atoms with Crippen LogP contribution in [0.4, 0.5) is 5.69 Å². The fourth-order valence-electron chi connectivity index (χ4n) is 2.48. The quantitative estimate of drug-likeness (QED) is 0.746. The number of aromatic nitrogens is 4. The van der Waals surface area contributed by atoms with Gasteiger partial charge in [0.05, 0.1) is 22.4 Å². The average Bonchev–Trinajstić information content (AvgIpc) is 3.08. The standard InChI is InChI=1S/C17H18BrN5O/c1-11-16(18)12(2)23(20-11)10-13-5-4-6-14(9-13)19-17(24)15-7-8-22(3)21-15/h4-9H,10H2,1-3H3,(H,19,24). The van der Waals surface area contributed by atoms with E-state index in [9.17, 15) is 4.79 Å². The lowest BCUT2D eigenvalue weighted by Gasteiger charge is -2.08. The van der Waals surface area contributed by atoms with Crippen LogP contribution < -0.4 is 5.32 Å². The van der Waals surface area contributed by atoms with Crippen molar-refractivity contribution in [3.05, 3.63) is 63.6 Å². The van der Waals surface area contributed by atoms with Crippen LogP contribution in [-0.4, -0.2) is 25.5 Å². The fourth-order valence-corrected chi connectivity index (χ4v) is 2.76. The number of nitrogens with zero attached hydrogens (tertiary/aromatic N) is 4. The first-order valence-electron chi connectivity index (χ1n) is 7.53. The maximum atomic E-state index is 12.2. The Morgan fingerprint density at radius 1 is 1.25 bits per heavy atom.